The first-order chi connectivity index (χ1) is 20.3. The number of fused-ring (bicyclic) bond motifs is 1. The highest BCUT2D eigenvalue weighted by Crippen LogP contribution is 2.14. The normalized spacial score (nSPS) is 17.6. The molecule has 5 rings (SSSR count). The molecule has 242 valence electrons. The van der Waals surface area contributed by atoms with Crippen LogP contribution < -0.4 is 11.0 Å². The van der Waals surface area contributed by atoms with Crippen molar-refractivity contribution >= 4 is 40.5 Å². The van der Waals surface area contributed by atoms with Crippen LogP contribution in [0.25, 0.3) is 11.0 Å². The minimum absolute atomic E-state index is 0.0313. The standard InChI is InChI=1S/C10H12N2O.C7H14N2O.C7H13NO2.C7H13NOS/c1-7(2)12-9-6-4-3-5-8(9)11-10(12)13;1-6(2)9-4-3-8-5-7(9)10;2*1-6(2)8-3-4-10-5-7(8)9/h3-7H,1-2H3,(H,11,13);6,8H,3-5H2,1-2H3;2*6H,3-5H2,1-2H3. The number of thioether (sulfide) groups is 1. The Balaban J connectivity index is 0.000000202. The lowest BCUT2D eigenvalue weighted by molar-refractivity contribution is -0.144. The lowest BCUT2D eigenvalue weighted by Crippen LogP contribution is -2.50. The second kappa shape index (κ2) is 18.1. The van der Waals surface area contributed by atoms with Crippen molar-refractivity contribution in [2.45, 2.75) is 79.6 Å². The first kappa shape index (κ1) is 36.4. The van der Waals surface area contributed by atoms with Gasteiger partial charge < -0.3 is 29.7 Å². The molecule has 0 saturated carbocycles. The van der Waals surface area contributed by atoms with Crippen molar-refractivity contribution in [2.24, 2.45) is 0 Å². The van der Waals surface area contributed by atoms with Gasteiger partial charge in [-0.05, 0) is 67.5 Å². The SMILES string of the molecule is CC(C)N1CCNCC1=O.CC(C)N1CCOCC1=O.CC(C)N1CCSCC1=O.CC(C)n1c(=O)[nH]c2ccccc21. The van der Waals surface area contributed by atoms with Crippen molar-refractivity contribution in [3.05, 3.63) is 34.7 Å². The number of carbonyl (C=O) groups excluding carboxylic acids is 3. The number of rotatable bonds is 4. The van der Waals surface area contributed by atoms with Crippen LogP contribution in [0.2, 0.25) is 0 Å². The molecule has 4 heterocycles. The van der Waals surface area contributed by atoms with Crippen LogP contribution in [0.3, 0.4) is 0 Å². The summed E-state index contributed by atoms with van der Waals surface area (Å²) in [4.78, 5) is 53.3. The Hall–Kier alpha value is -2.83. The van der Waals surface area contributed by atoms with Crippen molar-refractivity contribution in [1.82, 2.24) is 29.6 Å². The van der Waals surface area contributed by atoms with E-state index in [1.165, 1.54) is 0 Å². The molecule has 0 unspecified atom stereocenters. The Morgan fingerprint density at radius 1 is 0.744 bits per heavy atom. The third kappa shape index (κ3) is 11.3. The van der Waals surface area contributed by atoms with E-state index in [0.717, 1.165) is 43.0 Å². The zero-order valence-electron chi connectivity index (χ0n) is 27.2. The fourth-order valence-corrected chi connectivity index (χ4v) is 5.72. The van der Waals surface area contributed by atoms with Crippen LogP contribution in [-0.2, 0) is 19.1 Å². The average molecular weight is 621 g/mol. The number of para-hydroxylation sites is 2. The Bertz CT molecular complexity index is 1150. The molecule has 12 heteroatoms. The maximum atomic E-state index is 11.5. The van der Waals surface area contributed by atoms with Crippen molar-refractivity contribution in [3.63, 3.8) is 0 Å². The monoisotopic (exact) mass is 620 g/mol. The molecule has 0 atom stereocenters. The molecule has 1 aromatic heterocycles. The molecule has 0 radical (unpaired) electrons. The summed E-state index contributed by atoms with van der Waals surface area (Å²) in [6.07, 6.45) is 0. The highest BCUT2D eigenvalue weighted by molar-refractivity contribution is 8.00. The molecule has 0 bridgehead atoms. The summed E-state index contributed by atoms with van der Waals surface area (Å²) in [5.74, 6) is 2.41. The van der Waals surface area contributed by atoms with Crippen molar-refractivity contribution < 1.29 is 19.1 Å². The molecule has 2 N–H and O–H groups in total. The van der Waals surface area contributed by atoms with Gasteiger partial charge in [-0.15, -0.1) is 0 Å². The van der Waals surface area contributed by atoms with Gasteiger partial charge in [0.05, 0.1) is 29.9 Å². The van der Waals surface area contributed by atoms with E-state index in [2.05, 4.69) is 24.1 Å². The predicted octanol–water partition coefficient (Wildman–Crippen LogP) is 2.96. The molecule has 2 aromatic rings. The molecule has 1 aromatic carbocycles. The number of piperazine rings is 1. The van der Waals surface area contributed by atoms with Gasteiger partial charge in [0.2, 0.25) is 17.7 Å². The lowest BCUT2D eigenvalue weighted by atomic mass is 10.2. The Morgan fingerprint density at radius 2 is 1.35 bits per heavy atom. The smallest absolute Gasteiger partial charge is 0.326 e. The van der Waals surface area contributed by atoms with Crippen LogP contribution in [0.5, 0.6) is 0 Å². The van der Waals surface area contributed by atoms with E-state index >= 15 is 0 Å². The summed E-state index contributed by atoms with van der Waals surface area (Å²) in [6.45, 7) is 21.2. The Kier molecular flexibility index (Phi) is 15.3. The molecule has 3 fully saturated rings. The van der Waals surface area contributed by atoms with E-state index in [0.29, 0.717) is 42.9 Å². The first-order valence-electron chi connectivity index (χ1n) is 15.3. The predicted molar refractivity (Wildman–Crippen MR) is 175 cm³/mol. The molecule has 0 aliphatic carbocycles. The van der Waals surface area contributed by atoms with Gasteiger partial charge in [-0.2, -0.15) is 11.8 Å². The number of carbonyl (C=O) groups is 3. The largest absolute Gasteiger partial charge is 0.370 e. The number of hydrogen-bond acceptors (Lipinski definition) is 7. The fraction of sp³-hybridized carbons (Fsp3) is 0.677. The zero-order valence-corrected chi connectivity index (χ0v) is 28.0. The second-order valence-corrected chi connectivity index (χ2v) is 12.8. The number of aromatic amines is 1. The van der Waals surface area contributed by atoms with Crippen LogP contribution in [0, 0.1) is 0 Å². The summed E-state index contributed by atoms with van der Waals surface area (Å²) in [7, 11) is 0. The summed E-state index contributed by atoms with van der Waals surface area (Å²) in [6, 6.07) is 8.98. The van der Waals surface area contributed by atoms with E-state index < -0.39 is 0 Å². The molecule has 0 spiro atoms. The quantitative estimate of drug-likeness (QED) is 0.540. The number of nitrogens with one attached hydrogen (secondary N) is 2. The van der Waals surface area contributed by atoms with E-state index in [9.17, 15) is 19.2 Å². The number of morpholine rings is 1. The second-order valence-electron chi connectivity index (χ2n) is 11.7. The topological polar surface area (TPSA) is 120 Å². The molecule has 11 nitrogen and oxygen atoms in total. The molecular weight excluding hydrogens is 568 g/mol. The molecule has 3 aliphatic rings. The molecule has 3 aliphatic heterocycles. The fourth-order valence-electron chi connectivity index (χ4n) is 4.91. The molecular formula is C31H52N6O5S. The number of hydrogen-bond donors (Lipinski definition) is 2. The van der Waals surface area contributed by atoms with Gasteiger partial charge in [0.15, 0.2) is 0 Å². The summed E-state index contributed by atoms with van der Waals surface area (Å²) in [5.41, 5.74) is 1.85. The summed E-state index contributed by atoms with van der Waals surface area (Å²) < 4.78 is 6.73. The maximum absolute atomic E-state index is 11.5. The van der Waals surface area contributed by atoms with Gasteiger partial charge in [-0.1, -0.05) is 12.1 Å². The highest BCUT2D eigenvalue weighted by Gasteiger charge is 2.21. The Morgan fingerprint density at radius 3 is 1.84 bits per heavy atom. The number of nitrogens with zero attached hydrogens (tertiary/aromatic N) is 4. The number of aromatic nitrogens is 2. The van der Waals surface area contributed by atoms with Crippen molar-refractivity contribution in [1.29, 1.82) is 0 Å². The number of imidazole rings is 1. The van der Waals surface area contributed by atoms with Crippen LogP contribution in [0.15, 0.2) is 29.1 Å². The Labute approximate surface area is 260 Å². The number of H-pyrrole nitrogens is 1. The highest BCUT2D eigenvalue weighted by atomic mass is 32.2. The van der Waals surface area contributed by atoms with Crippen molar-refractivity contribution in [3.8, 4) is 0 Å². The number of benzene rings is 1. The van der Waals surface area contributed by atoms with Crippen molar-refractivity contribution in [2.75, 3.05) is 57.4 Å². The minimum Gasteiger partial charge on any atom is -0.370 e. The molecule has 3 saturated heterocycles. The van der Waals surface area contributed by atoms with Gasteiger partial charge in [-0.3, -0.25) is 19.0 Å². The lowest BCUT2D eigenvalue weighted by Gasteiger charge is -2.30. The van der Waals surface area contributed by atoms with Gasteiger partial charge in [0.25, 0.3) is 0 Å². The van der Waals surface area contributed by atoms with Gasteiger partial charge >= 0.3 is 5.69 Å². The molecule has 3 amide bonds. The third-order valence-corrected chi connectivity index (χ3v) is 8.10. The van der Waals surface area contributed by atoms with Crippen LogP contribution >= 0.6 is 11.8 Å². The van der Waals surface area contributed by atoms with Gasteiger partial charge in [-0.25, -0.2) is 4.79 Å². The first-order valence-corrected chi connectivity index (χ1v) is 16.4. The van der Waals surface area contributed by atoms with E-state index in [1.807, 2.05) is 80.5 Å². The van der Waals surface area contributed by atoms with Crippen LogP contribution in [0.1, 0.15) is 61.4 Å². The van der Waals surface area contributed by atoms with Crippen LogP contribution in [0.4, 0.5) is 0 Å². The van der Waals surface area contributed by atoms with E-state index in [4.69, 9.17) is 4.74 Å². The maximum Gasteiger partial charge on any atom is 0.326 e. The average Bonchev–Trinajstić information content (AvgIpc) is 3.30. The number of amides is 3. The molecule has 43 heavy (non-hydrogen) atoms. The van der Waals surface area contributed by atoms with Crippen LogP contribution in [-0.4, -0.2) is 118 Å². The van der Waals surface area contributed by atoms with E-state index in [1.54, 1.807) is 16.3 Å². The van der Waals surface area contributed by atoms with E-state index in [-0.39, 0.29) is 30.2 Å². The summed E-state index contributed by atoms with van der Waals surface area (Å²) >= 11 is 1.73. The van der Waals surface area contributed by atoms with Gasteiger partial charge in [0, 0.05) is 56.1 Å². The third-order valence-electron chi connectivity index (χ3n) is 7.18. The number of ether oxygens (including phenoxy) is 1. The summed E-state index contributed by atoms with van der Waals surface area (Å²) in [5, 5.41) is 3.03. The van der Waals surface area contributed by atoms with Gasteiger partial charge in [0.1, 0.15) is 6.61 Å². The minimum atomic E-state index is -0.0313. The zero-order chi connectivity index (χ0) is 32.1.